The second kappa shape index (κ2) is 9.65. The molecule has 2 aliphatic carbocycles. The molecule has 0 radical (unpaired) electrons. The van der Waals surface area contributed by atoms with Crippen molar-refractivity contribution in [2.24, 2.45) is 11.8 Å². The van der Waals surface area contributed by atoms with Crippen LogP contribution in [0.1, 0.15) is 67.8 Å². The summed E-state index contributed by atoms with van der Waals surface area (Å²) in [7, 11) is 0. The quantitative estimate of drug-likeness (QED) is 0.498. The Hall–Kier alpha value is -2.97. The van der Waals surface area contributed by atoms with Crippen molar-refractivity contribution in [1.82, 2.24) is 9.88 Å². The number of hydrogen-bond donors (Lipinski definition) is 1. The van der Waals surface area contributed by atoms with Gasteiger partial charge in [-0.2, -0.15) is 13.2 Å². The van der Waals surface area contributed by atoms with Crippen LogP contribution < -0.4 is 0 Å². The fraction of sp³-hybridized carbons (Fsp3) is 0.552. The number of alkyl halides is 4. The molecule has 5 nitrogen and oxygen atoms in total. The van der Waals surface area contributed by atoms with Gasteiger partial charge < -0.3 is 10.0 Å². The van der Waals surface area contributed by atoms with E-state index in [2.05, 4.69) is 4.98 Å². The molecule has 1 aromatic heterocycles. The first-order valence-electron chi connectivity index (χ1n) is 13.3. The minimum atomic E-state index is -5.03. The Labute approximate surface area is 219 Å². The Morgan fingerprint density at radius 3 is 2.39 bits per heavy atom. The average molecular weight is 533 g/mol. The highest BCUT2D eigenvalue weighted by Gasteiger charge is 2.56. The molecular weight excluding hydrogens is 500 g/mol. The smallest absolute Gasteiger partial charge is 0.426 e. The van der Waals surface area contributed by atoms with Gasteiger partial charge in [-0.1, -0.05) is 24.3 Å². The third-order valence-electron chi connectivity index (χ3n) is 9.15. The first-order chi connectivity index (χ1) is 17.9. The van der Waals surface area contributed by atoms with Gasteiger partial charge in [0.25, 0.3) is 0 Å². The molecule has 0 bridgehead atoms. The van der Waals surface area contributed by atoms with Crippen LogP contribution in [0.2, 0.25) is 0 Å². The lowest BCUT2D eigenvalue weighted by Gasteiger charge is -2.44. The SMILES string of the molecule is CC(F)(c1ccc2c(c1)CCC1N(C(=O)[C@H]3CC[C@H](C(=O)O)CC3)CCC21Cc1ccccn1)C(F)(F)F. The van der Waals surface area contributed by atoms with E-state index in [0.717, 1.165) is 11.3 Å². The van der Waals surface area contributed by atoms with Crippen molar-refractivity contribution in [1.29, 1.82) is 0 Å². The zero-order chi connectivity index (χ0) is 27.3. The Kier molecular flexibility index (Phi) is 6.76. The predicted molar refractivity (Wildman–Crippen MR) is 132 cm³/mol. The molecule has 1 saturated heterocycles. The van der Waals surface area contributed by atoms with Gasteiger partial charge in [0.15, 0.2) is 0 Å². The number of benzene rings is 1. The second-order valence-corrected chi connectivity index (χ2v) is 11.2. The number of nitrogens with zero attached hydrogens (tertiary/aromatic N) is 2. The van der Waals surface area contributed by atoms with Gasteiger partial charge in [-0.3, -0.25) is 14.6 Å². The van der Waals surface area contributed by atoms with E-state index in [1.807, 2.05) is 23.1 Å². The topological polar surface area (TPSA) is 70.5 Å². The van der Waals surface area contributed by atoms with Crippen molar-refractivity contribution in [2.45, 2.75) is 81.6 Å². The number of carboxylic acids is 1. The first kappa shape index (κ1) is 26.6. The van der Waals surface area contributed by atoms with Crippen LogP contribution in [-0.2, 0) is 33.5 Å². The lowest BCUT2D eigenvalue weighted by atomic mass is 9.64. The molecule has 5 rings (SSSR count). The second-order valence-electron chi connectivity index (χ2n) is 11.2. The maximum absolute atomic E-state index is 14.8. The fourth-order valence-electron chi connectivity index (χ4n) is 6.93. The number of aromatic nitrogens is 1. The van der Waals surface area contributed by atoms with E-state index in [1.54, 1.807) is 12.3 Å². The number of aliphatic carboxylic acids is 1. The van der Waals surface area contributed by atoms with Gasteiger partial charge in [0.05, 0.1) is 5.92 Å². The number of pyridine rings is 1. The zero-order valence-electron chi connectivity index (χ0n) is 21.3. The van der Waals surface area contributed by atoms with Crippen LogP contribution in [0.3, 0.4) is 0 Å². The Morgan fingerprint density at radius 2 is 1.76 bits per heavy atom. The van der Waals surface area contributed by atoms with E-state index in [0.29, 0.717) is 70.4 Å². The first-order valence-corrected chi connectivity index (χ1v) is 13.3. The molecular formula is C29H32F4N2O3. The van der Waals surface area contributed by atoms with Crippen LogP contribution in [0.5, 0.6) is 0 Å². The maximum atomic E-state index is 14.8. The monoisotopic (exact) mass is 532 g/mol. The van der Waals surface area contributed by atoms with Gasteiger partial charge in [-0.05, 0) is 80.7 Å². The molecule has 2 aromatic rings. The summed E-state index contributed by atoms with van der Waals surface area (Å²) in [5.74, 6) is -1.41. The van der Waals surface area contributed by atoms with Crippen molar-refractivity contribution < 1.29 is 32.3 Å². The van der Waals surface area contributed by atoms with Crippen LogP contribution in [0, 0.1) is 11.8 Å². The Morgan fingerprint density at radius 1 is 1.05 bits per heavy atom. The van der Waals surface area contributed by atoms with E-state index in [4.69, 9.17) is 0 Å². The Balaban J connectivity index is 1.49. The summed E-state index contributed by atoms with van der Waals surface area (Å²) in [4.78, 5) is 31.5. The molecule has 1 amide bonds. The van der Waals surface area contributed by atoms with Gasteiger partial charge in [0.2, 0.25) is 11.6 Å². The summed E-state index contributed by atoms with van der Waals surface area (Å²) < 4.78 is 55.2. The van der Waals surface area contributed by atoms with Crippen molar-refractivity contribution in [2.75, 3.05) is 6.54 Å². The number of aryl methyl sites for hydroxylation is 1. The summed E-state index contributed by atoms with van der Waals surface area (Å²) in [5, 5.41) is 9.32. The van der Waals surface area contributed by atoms with Gasteiger partial charge in [0.1, 0.15) is 0 Å². The van der Waals surface area contributed by atoms with Gasteiger partial charge in [0, 0.05) is 42.2 Å². The lowest BCUT2D eigenvalue weighted by molar-refractivity contribution is -0.228. The zero-order valence-corrected chi connectivity index (χ0v) is 21.3. The van der Waals surface area contributed by atoms with E-state index in [1.165, 1.54) is 12.1 Å². The fourth-order valence-corrected chi connectivity index (χ4v) is 6.93. The maximum Gasteiger partial charge on any atom is 0.426 e. The minimum Gasteiger partial charge on any atom is -0.481 e. The predicted octanol–water partition coefficient (Wildman–Crippen LogP) is 5.75. The lowest BCUT2D eigenvalue weighted by Crippen LogP contribution is -2.51. The molecule has 2 heterocycles. The van der Waals surface area contributed by atoms with E-state index in [-0.39, 0.29) is 17.9 Å². The molecule has 38 heavy (non-hydrogen) atoms. The van der Waals surface area contributed by atoms with E-state index >= 15 is 0 Å². The van der Waals surface area contributed by atoms with Crippen molar-refractivity contribution in [3.05, 3.63) is 65.0 Å². The molecule has 204 valence electrons. The number of amides is 1. The summed E-state index contributed by atoms with van der Waals surface area (Å²) in [6.45, 7) is 1.07. The molecule has 1 aromatic carbocycles. The van der Waals surface area contributed by atoms with Crippen LogP contribution in [0.4, 0.5) is 17.6 Å². The van der Waals surface area contributed by atoms with Gasteiger partial charge >= 0.3 is 12.1 Å². The molecule has 1 saturated carbocycles. The van der Waals surface area contributed by atoms with E-state index < -0.39 is 34.7 Å². The molecule has 9 heteroatoms. The molecule has 3 atom stereocenters. The number of carboxylic acid groups (broad SMARTS) is 1. The highest BCUT2D eigenvalue weighted by molar-refractivity contribution is 5.80. The summed E-state index contributed by atoms with van der Waals surface area (Å²) >= 11 is 0. The largest absolute Gasteiger partial charge is 0.481 e. The summed E-state index contributed by atoms with van der Waals surface area (Å²) in [5.41, 5.74) is -2.02. The average Bonchev–Trinajstić information content (AvgIpc) is 3.27. The van der Waals surface area contributed by atoms with Crippen LogP contribution in [0.25, 0.3) is 0 Å². The normalized spacial score (nSPS) is 28.8. The van der Waals surface area contributed by atoms with Crippen molar-refractivity contribution in [3.8, 4) is 0 Å². The molecule has 0 spiro atoms. The highest BCUT2D eigenvalue weighted by atomic mass is 19.4. The number of likely N-dealkylation sites (tertiary alicyclic amines) is 1. The van der Waals surface area contributed by atoms with Crippen molar-refractivity contribution >= 4 is 11.9 Å². The Bertz CT molecular complexity index is 1210. The summed E-state index contributed by atoms with van der Waals surface area (Å²) in [6.07, 6.45) is 0.875. The number of hydrogen-bond acceptors (Lipinski definition) is 3. The van der Waals surface area contributed by atoms with Crippen LogP contribution >= 0.6 is 0 Å². The number of carbonyl (C=O) groups excluding carboxylic acids is 1. The van der Waals surface area contributed by atoms with E-state index in [9.17, 15) is 32.3 Å². The van der Waals surface area contributed by atoms with Crippen LogP contribution in [-0.4, -0.2) is 45.6 Å². The van der Waals surface area contributed by atoms with Crippen molar-refractivity contribution in [3.63, 3.8) is 0 Å². The minimum absolute atomic E-state index is 0.0372. The van der Waals surface area contributed by atoms with Gasteiger partial charge in [-0.25, -0.2) is 4.39 Å². The summed E-state index contributed by atoms with van der Waals surface area (Å²) in [6, 6.07) is 9.69. The third-order valence-corrected chi connectivity index (χ3v) is 9.15. The van der Waals surface area contributed by atoms with Crippen LogP contribution in [0.15, 0.2) is 42.6 Å². The van der Waals surface area contributed by atoms with Gasteiger partial charge in [-0.15, -0.1) is 0 Å². The number of halogens is 4. The molecule has 3 aliphatic rings. The molecule has 2 fully saturated rings. The number of rotatable bonds is 5. The molecule has 1 aliphatic heterocycles. The third kappa shape index (κ3) is 4.47. The number of fused-ring (bicyclic) bond motifs is 3. The number of carbonyl (C=O) groups is 2. The highest BCUT2D eigenvalue weighted by Crippen LogP contribution is 2.51. The molecule has 1 N–H and O–H groups in total. The standard InChI is InChI=1S/C29H32F4N2O3/c1-27(30,29(31,32)33)21-10-11-23-20(16-21)9-12-24-28(23,17-22-4-2-3-14-34-22)13-15-35(24)25(36)18-5-7-19(8-6-18)26(37)38/h2-4,10-11,14,16,18-19,24H,5-9,12-13,15,17H2,1H3,(H,37,38)/t18-,19-,24?,27?,28?. The molecule has 3 unspecified atom stereocenters.